The van der Waals surface area contributed by atoms with E-state index in [0.29, 0.717) is 11.8 Å². The van der Waals surface area contributed by atoms with Crippen LogP contribution in [-0.4, -0.2) is 13.8 Å². The maximum absolute atomic E-state index is 4.63. The molecule has 3 heteroatoms. The quantitative estimate of drug-likeness (QED) is 0.419. The van der Waals surface area contributed by atoms with Gasteiger partial charge in [0.05, 0.1) is 5.03 Å². The monoisotopic (exact) mass is 119 g/mol. The third-order valence-corrected chi connectivity index (χ3v) is 0.579. The number of rotatable bonds is 3. The molecule has 7 heavy (non-hydrogen) atoms. The van der Waals surface area contributed by atoms with Crippen LogP contribution in [0.15, 0.2) is 11.6 Å². The molecule has 0 unspecified atom stereocenters. The molecule has 1 N–H and O–H groups in total. The average molecular weight is 119 g/mol. The Labute approximate surface area is 49.0 Å². The van der Waals surface area contributed by atoms with Gasteiger partial charge in [-0.25, -0.2) is 0 Å². The van der Waals surface area contributed by atoms with Gasteiger partial charge in [0.1, 0.15) is 6.73 Å². The van der Waals surface area contributed by atoms with Gasteiger partial charge in [-0.3, -0.25) is 0 Å². The maximum Gasteiger partial charge on any atom is 0.116 e. The summed E-state index contributed by atoms with van der Waals surface area (Å²) in [4.78, 5) is 0. The molecule has 0 fully saturated rings. The van der Waals surface area contributed by atoms with Crippen molar-refractivity contribution >= 4 is 12.6 Å². The van der Waals surface area contributed by atoms with Crippen LogP contribution in [-0.2, 0) is 4.74 Å². The smallest absolute Gasteiger partial charge is 0.116 e. The van der Waals surface area contributed by atoms with Crippen molar-refractivity contribution < 1.29 is 4.74 Å². The van der Waals surface area contributed by atoms with Gasteiger partial charge in [-0.05, 0) is 0 Å². The van der Waals surface area contributed by atoms with Crippen LogP contribution >= 0.6 is 12.6 Å². The standard InChI is InChI=1S/C4H9NOS/c1-4(7)5-3-6-2/h5,7H,1,3H2,2H3. The highest BCUT2D eigenvalue weighted by Crippen LogP contribution is 1.84. The molecule has 0 radical (unpaired) electrons. The van der Waals surface area contributed by atoms with Crippen LogP contribution in [0.5, 0.6) is 0 Å². The minimum absolute atomic E-state index is 0.475. The lowest BCUT2D eigenvalue weighted by molar-refractivity contribution is 0.187. The van der Waals surface area contributed by atoms with Gasteiger partial charge in [0.15, 0.2) is 0 Å². The zero-order valence-corrected chi connectivity index (χ0v) is 5.16. The van der Waals surface area contributed by atoms with E-state index in [4.69, 9.17) is 0 Å². The van der Waals surface area contributed by atoms with E-state index in [-0.39, 0.29) is 0 Å². The van der Waals surface area contributed by atoms with E-state index in [1.165, 1.54) is 0 Å². The Hall–Kier alpha value is -0.150. The molecule has 0 saturated heterocycles. The Kier molecular flexibility index (Phi) is 3.93. The fourth-order valence-electron chi connectivity index (χ4n) is 0.155. The minimum atomic E-state index is 0.475. The number of thiol groups is 1. The van der Waals surface area contributed by atoms with E-state index in [0.717, 1.165) is 0 Å². The Morgan fingerprint density at radius 2 is 2.57 bits per heavy atom. The fraction of sp³-hybridized carbons (Fsp3) is 0.500. The second kappa shape index (κ2) is 4.02. The van der Waals surface area contributed by atoms with Gasteiger partial charge in [-0.1, -0.05) is 6.58 Å². The summed E-state index contributed by atoms with van der Waals surface area (Å²) in [5.74, 6) is 0. The van der Waals surface area contributed by atoms with Crippen molar-refractivity contribution in [2.45, 2.75) is 0 Å². The van der Waals surface area contributed by atoms with Crippen molar-refractivity contribution in [2.75, 3.05) is 13.8 Å². The molecule has 0 atom stereocenters. The van der Waals surface area contributed by atoms with Crippen molar-refractivity contribution in [3.8, 4) is 0 Å². The molecule has 0 spiro atoms. The summed E-state index contributed by atoms with van der Waals surface area (Å²) < 4.78 is 4.63. The van der Waals surface area contributed by atoms with E-state index >= 15 is 0 Å². The summed E-state index contributed by atoms with van der Waals surface area (Å²) in [6.07, 6.45) is 0. The van der Waals surface area contributed by atoms with E-state index in [9.17, 15) is 0 Å². The van der Waals surface area contributed by atoms with Crippen LogP contribution in [0.4, 0.5) is 0 Å². The van der Waals surface area contributed by atoms with Crippen LogP contribution in [0.25, 0.3) is 0 Å². The molecular formula is C4H9NOS. The molecule has 0 aliphatic carbocycles. The Bertz CT molecular complexity index is 64.7. The molecule has 42 valence electrons. The topological polar surface area (TPSA) is 21.3 Å². The molecule has 0 rings (SSSR count). The third-order valence-electron chi connectivity index (χ3n) is 0.421. The largest absolute Gasteiger partial charge is 0.365 e. The first kappa shape index (κ1) is 6.85. The summed E-state index contributed by atoms with van der Waals surface area (Å²) >= 11 is 3.85. The number of hydrogen-bond acceptors (Lipinski definition) is 3. The molecule has 0 aliphatic rings. The first-order valence-corrected chi connectivity index (χ1v) is 2.32. The van der Waals surface area contributed by atoms with Crippen molar-refractivity contribution in [3.63, 3.8) is 0 Å². The normalized spacial score (nSPS) is 8.29. The number of nitrogens with one attached hydrogen (secondary N) is 1. The predicted octanol–water partition coefficient (Wildman–Crippen LogP) is 0.581. The summed E-state index contributed by atoms with van der Waals surface area (Å²) in [5, 5.41) is 3.37. The lowest BCUT2D eigenvalue weighted by Crippen LogP contribution is -2.11. The number of hydrogen-bond donors (Lipinski definition) is 2. The summed E-state index contributed by atoms with van der Waals surface area (Å²) in [7, 11) is 1.60. The molecule has 0 saturated carbocycles. The van der Waals surface area contributed by atoms with E-state index < -0.39 is 0 Å². The van der Waals surface area contributed by atoms with Crippen LogP contribution in [0, 0.1) is 0 Å². The predicted molar refractivity (Wildman–Crippen MR) is 33.1 cm³/mol. The lowest BCUT2D eigenvalue weighted by Gasteiger charge is -1.98. The highest BCUT2D eigenvalue weighted by Gasteiger charge is 1.76. The summed E-state index contributed by atoms with van der Waals surface area (Å²) in [6, 6.07) is 0. The van der Waals surface area contributed by atoms with Crippen LogP contribution in [0.3, 0.4) is 0 Å². The maximum atomic E-state index is 4.63. The Balaban J connectivity index is 2.82. The highest BCUT2D eigenvalue weighted by molar-refractivity contribution is 7.84. The van der Waals surface area contributed by atoms with E-state index in [1.807, 2.05) is 0 Å². The molecule has 0 aliphatic heterocycles. The number of methoxy groups -OCH3 is 1. The van der Waals surface area contributed by atoms with E-state index in [1.54, 1.807) is 7.11 Å². The summed E-state index contributed by atoms with van der Waals surface area (Å²) in [6.45, 7) is 3.94. The van der Waals surface area contributed by atoms with Gasteiger partial charge in [0.25, 0.3) is 0 Å². The van der Waals surface area contributed by atoms with Gasteiger partial charge in [-0.2, -0.15) is 0 Å². The average Bonchev–Trinajstić information content (AvgIpc) is 1.61. The SMILES string of the molecule is C=C(S)NCOC. The molecule has 0 aromatic heterocycles. The van der Waals surface area contributed by atoms with Gasteiger partial charge in [0, 0.05) is 7.11 Å². The fourth-order valence-corrected chi connectivity index (χ4v) is 0.220. The highest BCUT2D eigenvalue weighted by atomic mass is 32.1. The molecule has 0 aromatic carbocycles. The van der Waals surface area contributed by atoms with E-state index in [2.05, 4.69) is 29.3 Å². The van der Waals surface area contributed by atoms with Crippen LogP contribution in [0.2, 0.25) is 0 Å². The molecule has 0 amide bonds. The lowest BCUT2D eigenvalue weighted by atomic mass is 10.9. The van der Waals surface area contributed by atoms with Gasteiger partial charge in [0.2, 0.25) is 0 Å². The summed E-state index contributed by atoms with van der Waals surface area (Å²) in [5.41, 5.74) is 0. The van der Waals surface area contributed by atoms with Crippen molar-refractivity contribution in [1.82, 2.24) is 5.32 Å². The number of ether oxygens (including phenoxy) is 1. The molecular weight excluding hydrogens is 110 g/mol. The zero-order valence-electron chi connectivity index (χ0n) is 4.27. The Morgan fingerprint density at radius 1 is 2.00 bits per heavy atom. The third kappa shape index (κ3) is 5.85. The Morgan fingerprint density at radius 3 is 2.71 bits per heavy atom. The molecule has 0 heterocycles. The van der Waals surface area contributed by atoms with Gasteiger partial charge >= 0.3 is 0 Å². The van der Waals surface area contributed by atoms with Crippen molar-refractivity contribution in [1.29, 1.82) is 0 Å². The first-order valence-electron chi connectivity index (χ1n) is 1.88. The van der Waals surface area contributed by atoms with Gasteiger partial charge in [-0.15, -0.1) is 12.6 Å². The molecule has 2 nitrogen and oxygen atoms in total. The second-order valence-electron chi connectivity index (χ2n) is 1.06. The van der Waals surface area contributed by atoms with Crippen molar-refractivity contribution in [3.05, 3.63) is 11.6 Å². The first-order chi connectivity index (χ1) is 3.27. The molecule has 0 aromatic rings. The van der Waals surface area contributed by atoms with Crippen LogP contribution in [0.1, 0.15) is 0 Å². The minimum Gasteiger partial charge on any atom is -0.365 e. The molecule has 0 bridgehead atoms. The second-order valence-corrected chi connectivity index (χ2v) is 1.60. The van der Waals surface area contributed by atoms with Crippen LogP contribution < -0.4 is 5.32 Å². The van der Waals surface area contributed by atoms with Gasteiger partial charge < -0.3 is 10.1 Å². The zero-order chi connectivity index (χ0) is 5.70. The van der Waals surface area contributed by atoms with Crippen molar-refractivity contribution in [2.24, 2.45) is 0 Å².